The van der Waals surface area contributed by atoms with Gasteiger partial charge in [0.1, 0.15) is 5.69 Å². The van der Waals surface area contributed by atoms with Crippen molar-refractivity contribution in [2.45, 2.75) is 25.5 Å². The number of hydrogen-bond donors (Lipinski definition) is 1. The lowest BCUT2D eigenvalue weighted by Gasteiger charge is -2.25. The van der Waals surface area contributed by atoms with Crippen LogP contribution in [-0.2, 0) is 18.3 Å². The topological polar surface area (TPSA) is 59.8 Å². The Hall–Kier alpha value is -3.00. The van der Waals surface area contributed by atoms with Gasteiger partial charge in [-0.1, -0.05) is 48.5 Å². The van der Waals surface area contributed by atoms with Gasteiger partial charge in [0.25, 0.3) is 0 Å². The van der Waals surface area contributed by atoms with Crippen molar-refractivity contribution in [2.24, 2.45) is 13.0 Å². The Morgan fingerprint density at radius 1 is 1.21 bits per heavy atom. The highest BCUT2D eigenvalue weighted by Crippen LogP contribution is 2.36. The van der Waals surface area contributed by atoms with Gasteiger partial charge in [-0.25, -0.2) is 9.07 Å². The normalized spacial score (nSPS) is 14.4. The van der Waals surface area contributed by atoms with Crippen molar-refractivity contribution >= 4 is 0 Å². The predicted octanol–water partition coefficient (Wildman–Crippen LogP) is 4.79. The second-order valence-electron chi connectivity index (χ2n) is 8.77. The fraction of sp³-hybridized carbons (Fsp3) is 0.370. The van der Waals surface area contributed by atoms with Crippen LogP contribution in [-0.4, -0.2) is 52.2 Å². The van der Waals surface area contributed by atoms with Gasteiger partial charge >= 0.3 is 0 Å². The van der Waals surface area contributed by atoms with Gasteiger partial charge in [0.05, 0.1) is 24.9 Å². The van der Waals surface area contributed by atoms with E-state index in [0.29, 0.717) is 31.5 Å². The summed E-state index contributed by atoms with van der Waals surface area (Å²) < 4.78 is 27.6. The summed E-state index contributed by atoms with van der Waals surface area (Å²) in [7, 11) is 1.80. The number of benzene rings is 2. The number of para-hydroxylation sites is 1. The molecule has 0 saturated heterocycles. The standard InChI is InChI=1S/C27H32FN3O3/c1-3-15-33-19-22(32)17-31(16-20-13-14-20)18-23-26(21-9-5-4-6-10-21)29-30(2)27(23)34-25-12-8-7-11-24(25)28/h3-12,20,22,32H,1,13-19H2,2H3/t22-/m0/s1. The van der Waals surface area contributed by atoms with Crippen molar-refractivity contribution in [3.8, 4) is 22.9 Å². The van der Waals surface area contributed by atoms with Crippen LogP contribution in [0.4, 0.5) is 4.39 Å². The molecule has 6 nitrogen and oxygen atoms in total. The molecule has 34 heavy (non-hydrogen) atoms. The lowest BCUT2D eigenvalue weighted by Crippen LogP contribution is -2.36. The molecule has 1 aliphatic carbocycles. The first-order valence-electron chi connectivity index (χ1n) is 11.7. The molecule has 0 aliphatic heterocycles. The third kappa shape index (κ3) is 6.32. The van der Waals surface area contributed by atoms with E-state index in [1.165, 1.54) is 18.9 Å². The molecule has 0 bridgehead atoms. The zero-order valence-electron chi connectivity index (χ0n) is 19.6. The summed E-state index contributed by atoms with van der Waals surface area (Å²) in [6.45, 7) is 6.12. The zero-order valence-corrected chi connectivity index (χ0v) is 19.6. The Labute approximate surface area is 200 Å². The number of halogens is 1. The maximum absolute atomic E-state index is 14.4. The molecule has 7 heteroatoms. The molecule has 0 radical (unpaired) electrons. The third-order valence-electron chi connectivity index (χ3n) is 5.79. The van der Waals surface area contributed by atoms with Crippen LogP contribution in [0.1, 0.15) is 18.4 Å². The molecular weight excluding hydrogens is 433 g/mol. The lowest BCUT2D eigenvalue weighted by molar-refractivity contribution is 0.0235. The summed E-state index contributed by atoms with van der Waals surface area (Å²) in [5.74, 6) is 0.828. The highest BCUT2D eigenvalue weighted by molar-refractivity contribution is 5.65. The van der Waals surface area contributed by atoms with Crippen LogP contribution in [0.3, 0.4) is 0 Å². The van der Waals surface area contributed by atoms with Crippen LogP contribution in [0.15, 0.2) is 67.3 Å². The molecule has 1 fully saturated rings. The van der Waals surface area contributed by atoms with E-state index in [1.807, 2.05) is 30.3 Å². The van der Waals surface area contributed by atoms with Crippen LogP contribution < -0.4 is 4.74 Å². The monoisotopic (exact) mass is 465 g/mol. The molecule has 0 unspecified atom stereocenters. The Balaban J connectivity index is 1.65. The summed E-state index contributed by atoms with van der Waals surface area (Å²) in [5, 5.41) is 15.3. The first kappa shape index (κ1) is 24.1. The molecule has 1 aliphatic rings. The van der Waals surface area contributed by atoms with Crippen molar-refractivity contribution in [1.82, 2.24) is 14.7 Å². The number of nitrogens with zero attached hydrogens (tertiary/aromatic N) is 3. The fourth-order valence-corrected chi connectivity index (χ4v) is 4.01. The average molecular weight is 466 g/mol. The Morgan fingerprint density at radius 2 is 1.94 bits per heavy atom. The van der Waals surface area contributed by atoms with E-state index in [2.05, 4.69) is 11.5 Å². The molecule has 1 heterocycles. The first-order chi connectivity index (χ1) is 16.5. The number of aliphatic hydroxyl groups is 1. The number of rotatable bonds is 13. The Bertz CT molecular complexity index is 1080. The molecule has 4 rings (SSSR count). The quantitative estimate of drug-likeness (QED) is 0.290. The minimum atomic E-state index is -0.633. The summed E-state index contributed by atoms with van der Waals surface area (Å²) in [4.78, 5) is 2.22. The number of aliphatic hydroxyl groups excluding tert-OH is 1. The van der Waals surface area contributed by atoms with E-state index < -0.39 is 11.9 Å². The third-order valence-corrected chi connectivity index (χ3v) is 5.79. The number of aromatic nitrogens is 2. The molecule has 1 saturated carbocycles. The average Bonchev–Trinajstić information content (AvgIpc) is 3.60. The summed E-state index contributed by atoms with van der Waals surface area (Å²) >= 11 is 0. The van der Waals surface area contributed by atoms with E-state index in [9.17, 15) is 9.50 Å². The number of ether oxygens (including phenoxy) is 2. The summed E-state index contributed by atoms with van der Waals surface area (Å²) in [6.07, 6.45) is 3.42. The highest BCUT2D eigenvalue weighted by atomic mass is 19.1. The molecule has 2 aromatic carbocycles. The van der Waals surface area contributed by atoms with E-state index in [-0.39, 0.29) is 12.4 Å². The molecular formula is C27H32FN3O3. The highest BCUT2D eigenvalue weighted by Gasteiger charge is 2.28. The van der Waals surface area contributed by atoms with Crippen molar-refractivity contribution in [1.29, 1.82) is 0 Å². The predicted molar refractivity (Wildman–Crippen MR) is 130 cm³/mol. The van der Waals surface area contributed by atoms with E-state index >= 15 is 0 Å². The van der Waals surface area contributed by atoms with Gasteiger partial charge in [-0.3, -0.25) is 4.90 Å². The minimum Gasteiger partial charge on any atom is -0.436 e. The van der Waals surface area contributed by atoms with Crippen molar-refractivity contribution in [2.75, 3.05) is 26.3 Å². The molecule has 1 atom stereocenters. The van der Waals surface area contributed by atoms with Gasteiger partial charge in [-0.15, -0.1) is 6.58 Å². The molecule has 180 valence electrons. The van der Waals surface area contributed by atoms with Gasteiger partial charge in [-0.05, 0) is 30.9 Å². The van der Waals surface area contributed by atoms with Gasteiger partial charge in [0, 0.05) is 32.2 Å². The molecule has 0 amide bonds. The van der Waals surface area contributed by atoms with Gasteiger partial charge in [0.15, 0.2) is 11.6 Å². The molecule has 1 N–H and O–H groups in total. The zero-order chi connectivity index (χ0) is 23.9. The van der Waals surface area contributed by atoms with Crippen LogP contribution in [0.25, 0.3) is 11.3 Å². The van der Waals surface area contributed by atoms with Crippen molar-refractivity contribution in [3.05, 3.63) is 78.6 Å². The van der Waals surface area contributed by atoms with Crippen LogP contribution in [0, 0.1) is 11.7 Å². The maximum Gasteiger partial charge on any atom is 0.222 e. The summed E-state index contributed by atoms with van der Waals surface area (Å²) in [5.41, 5.74) is 2.60. The number of hydrogen-bond acceptors (Lipinski definition) is 5. The molecule has 3 aromatic rings. The Morgan fingerprint density at radius 3 is 2.65 bits per heavy atom. The van der Waals surface area contributed by atoms with Gasteiger partial charge in [0.2, 0.25) is 5.88 Å². The van der Waals surface area contributed by atoms with Gasteiger partial charge in [-0.2, -0.15) is 5.10 Å². The second-order valence-corrected chi connectivity index (χ2v) is 8.77. The molecule has 1 aromatic heterocycles. The second kappa shape index (κ2) is 11.4. The number of aryl methyl sites for hydroxylation is 1. The lowest BCUT2D eigenvalue weighted by atomic mass is 10.1. The first-order valence-corrected chi connectivity index (χ1v) is 11.7. The van der Waals surface area contributed by atoms with E-state index in [1.54, 1.807) is 36.0 Å². The van der Waals surface area contributed by atoms with Crippen LogP contribution in [0.5, 0.6) is 11.6 Å². The fourth-order valence-electron chi connectivity index (χ4n) is 4.01. The van der Waals surface area contributed by atoms with Crippen molar-refractivity contribution < 1.29 is 19.0 Å². The van der Waals surface area contributed by atoms with E-state index in [4.69, 9.17) is 14.6 Å². The summed E-state index contributed by atoms with van der Waals surface area (Å²) in [6, 6.07) is 16.3. The van der Waals surface area contributed by atoms with Crippen LogP contribution in [0.2, 0.25) is 0 Å². The largest absolute Gasteiger partial charge is 0.436 e. The minimum absolute atomic E-state index is 0.151. The van der Waals surface area contributed by atoms with Crippen molar-refractivity contribution in [3.63, 3.8) is 0 Å². The van der Waals surface area contributed by atoms with Crippen LogP contribution >= 0.6 is 0 Å². The smallest absolute Gasteiger partial charge is 0.222 e. The molecule has 0 spiro atoms. The Kier molecular flexibility index (Phi) is 8.11. The maximum atomic E-state index is 14.4. The van der Waals surface area contributed by atoms with E-state index in [0.717, 1.165) is 23.4 Å². The van der Waals surface area contributed by atoms with Gasteiger partial charge < -0.3 is 14.6 Å². The SMILES string of the molecule is C=CCOC[C@@H](O)CN(Cc1c(-c2ccccc2)nn(C)c1Oc1ccccc1F)CC1CC1.